The van der Waals surface area contributed by atoms with Gasteiger partial charge in [0.15, 0.2) is 5.54 Å². The van der Waals surface area contributed by atoms with Gasteiger partial charge < -0.3 is 14.7 Å². The van der Waals surface area contributed by atoms with Gasteiger partial charge >= 0.3 is 5.97 Å². The largest absolute Gasteiger partial charge is 0.479 e. The number of hydrogen-bond donors (Lipinski definition) is 1. The molecule has 0 unspecified atom stereocenters. The van der Waals surface area contributed by atoms with Gasteiger partial charge in [0.1, 0.15) is 6.23 Å². The standard InChI is InChI=1S/C10H17NO4/c1-9(2,3)7-11(6-12)10(4,5-15-7)8(13)14/h6-7H,5H2,1-4H3,(H,13,14)/t7-,10+/m0/s1. The first-order valence-corrected chi connectivity index (χ1v) is 4.82. The van der Waals surface area contributed by atoms with Crippen molar-refractivity contribution >= 4 is 12.4 Å². The quantitative estimate of drug-likeness (QED) is 0.688. The summed E-state index contributed by atoms with van der Waals surface area (Å²) in [6.07, 6.45) is 0.0629. The normalized spacial score (nSPS) is 31.7. The highest BCUT2D eigenvalue weighted by atomic mass is 16.5. The maximum atomic E-state index is 11.1. The number of hydrogen-bond acceptors (Lipinski definition) is 3. The Morgan fingerprint density at radius 3 is 2.47 bits per heavy atom. The molecular formula is C10H17NO4. The lowest BCUT2D eigenvalue weighted by Crippen LogP contribution is -2.54. The molecule has 0 aromatic rings. The van der Waals surface area contributed by atoms with E-state index in [4.69, 9.17) is 9.84 Å². The summed E-state index contributed by atoms with van der Waals surface area (Å²) in [5.74, 6) is -1.04. The van der Waals surface area contributed by atoms with Gasteiger partial charge in [-0.25, -0.2) is 4.79 Å². The summed E-state index contributed by atoms with van der Waals surface area (Å²) in [6, 6.07) is 0. The fourth-order valence-electron chi connectivity index (χ4n) is 1.67. The molecule has 1 rings (SSSR count). The van der Waals surface area contributed by atoms with Crippen molar-refractivity contribution in [1.29, 1.82) is 0 Å². The number of nitrogens with zero attached hydrogens (tertiary/aromatic N) is 1. The number of carbonyl (C=O) groups is 2. The number of ether oxygens (including phenoxy) is 1. The molecule has 1 aliphatic heterocycles. The van der Waals surface area contributed by atoms with E-state index in [0.29, 0.717) is 6.41 Å². The van der Waals surface area contributed by atoms with Crippen LogP contribution in [0.4, 0.5) is 0 Å². The van der Waals surface area contributed by atoms with Crippen LogP contribution in [0.1, 0.15) is 27.7 Å². The van der Waals surface area contributed by atoms with Gasteiger partial charge in [-0.2, -0.15) is 0 Å². The maximum Gasteiger partial charge on any atom is 0.331 e. The summed E-state index contributed by atoms with van der Waals surface area (Å²) in [5.41, 5.74) is -1.55. The number of rotatable bonds is 2. The molecule has 0 aromatic carbocycles. The predicted molar refractivity (Wildman–Crippen MR) is 53.1 cm³/mol. The Labute approximate surface area is 89.0 Å². The lowest BCUT2D eigenvalue weighted by atomic mass is 9.92. The topological polar surface area (TPSA) is 66.8 Å². The zero-order valence-electron chi connectivity index (χ0n) is 9.48. The first-order valence-electron chi connectivity index (χ1n) is 4.82. The van der Waals surface area contributed by atoms with Crippen molar-refractivity contribution in [3.05, 3.63) is 0 Å². The van der Waals surface area contributed by atoms with E-state index in [2.05, 4.69) is 0 Å². The molecule has 1 amide bonds. The fraction of sp³-hybridized carbons (Fsp3) is 0.800. The third kappa shape index (κ3) is 1.84. The molecule has 1 N–H and O–H groups in total. The van der Waals surface area contributed by atoms with Crippen LogP contribution < -0.4 is 0 Å². The smallest absolute Gasteiger partial charge is 0.331 e. The van der Waals surface area contributed by atoms with Crippen LogP contribution in [0.2, 0.25) is 0 Å². The van der Waals surface area contributed by atoms with Crippen LogP contribution >= 0.6 is 0 Å². The molecule has 0 aromatic heterocycles. The highest BCUT2D eigenvalue weighted by molar-refractivity contribution is 5.81. The minimum Gasteiger partial charge on any atom is -0.479 e. The van der Waals surface area contributed by atoms with Gasteiger partial charge in [-0.05, 0) is 6.92 Å². The first-order chi connectivity index (χ1) is 6.73. The second kappa shape index (κ2) is 3.48. The van der Waals surface area contributed by atoms with Gasteiger partial charge in [0.05, 0.1) is 6.61 Å². The van der Waals surface area contributed by atoms with E-state index in [1.807, 2.05) is 20.8 Å². The molecule has 0 radical (unpaired) electrons. The van der Waals surface area contributed by atoms with Crippen molar-refractivity contribution in [1.82, 2.24) is 4.90 Å². The summed E-state index contributed by atoms with van der Waals surface area (Å²) in [5, 5.41) is 9.08. The highest BCUT2D eigenvalue weighted by Gasteiger charge is 2.52. The zero-order chi connectivity index (χ0) is 11.9. The number of carbonyl (C=O) groups excluding carboxylic acids is 1. The first kappa shape index (κ1) is 12.0. The summed E-state index contributed by atoms with van der Waals surface area (Å²) in [7, 11) is 0. The molecule has 1 heterocycles. The highest BCUT2D eigenvalue weighted by Crippen LogP contribution is 2.35. The van der Waals surface area contributed by atoms with Crippen LogP contribution in [0.15, 0.2) is 0 Å². The summed E-state index contributed by atoms with van der Waals surface area (Å²) in [6.45, 7) is 7.24. The minimum atomic E-state index is -1.25. The van der Waals surface area contributed by atoms with Crippen LogP contribution in [0.25, 0.3) is 0 Å². The SMILES string of the molecule is CC(C)(C)[C@@H]1OC[C@](C)(C(=O)O)N1C=O. The van der Waals surface area contributed by atoms with Crippen LogP contribution in [-0.4, -0.2) is 40.8 Å². The molecule has 15 heavy (non-hydrogen) atoms. The maximum absolute atomic E-state index is 11.1. The fourth-order valence-corrected chi connectivity index (χ4v) is 1.67. The Bertz CT molecular complexity index is 284. The lowest BCUT2D eigenvalue weighted by Gasteiger charge is -2.35. The molecule has 0 bridgehead atoms. The van der Waals surface area contributed by atoms with Crippen molar-refractivity contribution in [3.8, 4) is 0 Å². The lowest BCUT2D eigenvalue weighted by molar-refractivity contribution is -0.154. The van der Waals surface area contributed by atoms with Crippen molar-refractivity contribution in [2.45, 2.75) is 39.5 Å². The van der Waals surface area contributed by atoms with Gasteiger partial charge in [0.25, 0.3) is 0 Å². The van der Waals surface area contributed by atoms with Crippen LogP contribution in [-0.2, 0) is 14.3 Å². The molecule has 1 fully saturated rings. The average molecular weight is 215 g/mol. The molecule has 0 spiro atoms. The Balaban J connectivity index is 3.02. The second-order valence-corrected chi connectivity index (χ2v) is 5.12. The third-order valence-electron chi connectivity index (χ3n) is 2.66. The Morgan fingerprint density at radius 2 is 2.13 bits per heavy atom. The van der Waals surface area contributed by atoms with Crippen molar-refractivity contribution in [3.63, 3.8) is 0 Å². The van der Waals surface area contributed by atoms with E-state index >= 15 is 0 Å². The molecule has 2 atom stereocenters. The van der Waals surface area contributed by atoms with E-state index in [1.54, 1.807) is 0 Å². The molecule has 0 saturated carbocycles. The van der Waals surface area contributed by atoms with E-state index < -0.39 is 17.7 Å². The Hall–Kier alpha value is -1.10. The molecule has 5 nitrogen and oxygen atoms in total. The van der Waals surface area contributed by atoms with Gasteiger partial charge in [-0.15, -0.1) is 0 Å². The second-order valence-electron chi connectivity index (χ2n) is 5.12. The van der Waals surface area contributed by atoms with E-state index in [0.717, 1.165) is 0 Å². The molecule has 1 saturated heterocycles. The van der Waals surface area contributed by atoms with Crippen LogP contribution in [0.3, 0.4) is 0 Å². The molecule has 0 aliphatic carbocycles. The summed E-state index contributed by atoms with van der Waals surface area (Å²) < 4.78 is 5.41. The molecule has 1 aliphatic rings. The molecule has 86 valence electrons. The van der Waals surface area contributed by atoms with Crippen molar-refractivity contribution < 1.29 is 19.4 Å². The average Bonchev–Trinajstić information content (AvgIpc) is 2.43. The molecule has 5 heteroatoms. The van der Waals surface area contributed by atoms with Crippen LogP contribution in [0, 0.1) is 5.41 Å². The van der Waals surface area contributed by atoms with E-state index in [-0.39, 0.29) is 12.0 Å². The Kier molecular flexibility index (Phi) is 2.78. The van der Waals surface area contributed by atoms with Crippen molar-refractivity contribution in [2.75, 3.05) is 6.61 Å². The van der Waals surface area contributed by atoms with Gasteiger partial charge in [0, 0.05) is 5.41 Å². The van der Waals surface area contributed by atoms with Gasteiger partial charge in [0.2, 0.25) is 6.41 Å². The van der Waals surface area contributed by atoms with E-state index in [1.165, 1.54) is 11.8 Å². The van der Waals surface area contributed by atoms with Crippen LogP contribution in [0.5, 0.6) is 0 Å². The summed E-state index contributed by atoms with van der Waals surface area (Å²) >= 11 is 0. The predicted octanol–water partition coefficient (Wildman–Crippen LogP) is 0.690. The van der Waals surface area contributed by atoms with E-state index in [9.17, 15) is 9.59 Å². The number of carboxylic acid groups (broad SMARTS) is 1. The van der Waals surface area contributed by atoms with Gasteiger partial charge in [-0.3, -0.25) is 4.79 Å². The van der Waals surface area contributed by atoms with Gasteiger partial charge in [-0.1, -0.05) is 20.8 Å². The summed E-state index contributed by atoms with van der Waals surface area (Å²) in [4.78, 5) is 23.3. The molecular weight excluding hydrogens is 198 g/mol. The number of aliphatic carboxylic acids is 1. The third-order valence-corrected chi connectivity index (χ3v) is 2.66. The number of carboxylic acids is 1. The Morgan fingerprint density at radius 1 is 1.60 bits per heavy atom. The number of amides is 1. The monoisotopic (exact) mass is 215 g/mol. The zero-order valence-corrected chi connectivity index (χ0v) is 9.48. The minimum absolute atomic E-state index is 0.0308. The van der Waals surface area contributed by atoms with Crippen molar-refractivity contribution in [2.24, 2.45) is 5.41 Å².